The molecule has 0 amide bonds. The quantitative estimate of drug-likeness (QED) is 0.146. The van der Waals surface area contributed by atoms with Crippen molar-refractivity contribution >= 4 is 42.0 Å². The Morgan fingerprint density at radius 1 is 0.419 bits per heavy atom. The predicted octanol–water partition coefficient (Wildman–Crippen LogP) is 17.2. The average Bonchev–Trinajstić information content (AvgIpc) is 3.94. The van der Waals surface area contributed by atoms with Crippen LogP contribution in [0.15, 0.2) is 194 Å². The van der Waals surface area contributed by atoms with Crippen LogP contribution in [0.4, 0.5) is 0 Å². The summed E-state index contributed by atoms with van der Waals surface area (Å²) in [4.78, 5) is 0. The molecule has 62 heavy (non-hydrogen) atoms. The molecule has 0 atom stereocenters. The zero-order chi connectivity index (χ0) is 43.0. The van der Waals surface area contributed by atoms with Crippen molar-refractivity contribution in [1.82, 2.24) is 0 Å². The molecule has 0 bridgehead atoms. The van der Waals surface area contributed by atoms with Crippen LogP contribution in [0.2, 0.25) is 3.67 Å². The van der Waals surface area contributed by atoms with Crippen LogP contribution in [-0.2, 0) is 26.5 Å². The summed E-state index contributed by atoms with van der Waals surface area (Å²) in [5.41, 5.74) is 14.3. The minimum absolute atomic E-state index is 0.138. The van der Waals surface area contributed by atoms with Gasteiger partial charge in [0.2, 0.25) is 0 Å². The third-order valence-electron chi connectivity index (χ3n) is 13.5. The van der Waals surface area contributed by atoms with Crippen LogP contribution in [0, 0.1) is 0 Å². The van der Waals surface area contributed by atoms with Crippen LogP contribution in [0.5, 0.6) is 0 Å². The second kappa shape index (κ2) is 15.1. The van der Waals surface area contributed by atoms with Crippen LogP contribution in [0.3, 0.4) is 0 Å². The second-order valence-electron chi connectivity index (χ2n) is 19.6. The van der Waals surface area contributed by atoms with E-state index in [9.17, 15) is 17.2 Å². The van der Waals surface area contributed by atoms with Gasteiger partial charge in [-0.05, 0) is 0 Å². The topological polar surface area (TPSA) is 0 Å². The molecule has 8 aromatic carbocycles. The molecule has 0 N–H and O–H groups in total. The van der Waals surface area contributed by atoms with E-state index in [1.165, 1.54) is 77.2 Å². The maximum atomic E-state index is 9.30. The van der Waals surface area contributed by atoms with Gasteiger partial charge in [-0.2, -0.15) is 0 Å². The Labute approximate surface area is 375 Å². The summed E-state index contributed by atoms with van der Waals surface area (Å²) < 4.78 is 0.629. The molecule has 8 aromatic rings. The molecule has 2 aliphatic rings. The van der Waals surface area contributed by atoms with E-state index in [2.05, 4.69) is 236 Å². The summed E-state index contributed by atoms with van der Waals surface area (Å²) in [5, 5.41) is 4.72. The van der Waals surface area contributed by atoms with Crippen molar-refractivity contribution in [3.05, 3.63) is 228 Å². The summed E-state index contributed by atoms with van der Waals surface area (Å²) in [6.07, 6.45) is 8.94. The predicted molar refractivity (Wildman–Crippen MR) is 267 cm³/mol. The Bertz CT molecular complexity index is 3000. The zero-order valence-electron chi connectivity index (χ0n) is 36.4. The number of benzene rings is 8. The van der Waals surface area contributed by atoms with Gasteiger partial charge >= 0.3 is 378 Å². The maximum absolute atomic E-state index is 9.30. The first-order valence-electron chi connectivity index (χ1n) is 22.0. The molecular weight excluding hydrogens is 958 g/mol. The first-order valence-corrected chi connectivity index (χ1v) is 36.8. The van der Waals surface area contributed by atoms with E-state index in [0.29, 0.717) is 0 Å². The van der Waals surface area contributed by atoms with Crippen molar-refractivity contribution in [2.75, 3.05) is 0 Å². The number of rotatable bonds is 6. The van der Waals surface area contributed by atoms with Crippen LogP contribution in [0.1, 0.15) is 78.6 Å². The molecule has 10 rings (SSSR count). The van der Waals surface area contributed by atoms with Gasteiger partial charge in [-0.15, -0.1) is 0 Å². The molecule has 2 aliphatic carbocycles. The van der Waals surface area contributed by atoms with Crippen molar-refractivity contribution in [2.24, 2.45) is 0 Å². The Morgan fingerprint density at radius 3 is 1.21 bits per heavy atom. The fraction of sp³-hybridized carbons (Fsp3) is 0.169. The third kappa shape index (κ3) is 6.79. The third-order valence-corrected chi connectivity index (χ3v) is 41.6. The molecule has 0 fully saturated rings. The first kappa shape index (κ1) is 41.1. The molecule has 306 valence electrons. The van der Waals surface area contributed by atoms with E-state index in [1.54, 1.807) is 0 Å². The van der Waals surface area contributed by atoms with Gasteiger partial charge in [0.1, 0.15) is 0 Å². The van der Waals surface area contributed by atoms with Crippen LogP contribution < -0.4 is 0 Å². The van der Waals surface area contributed by atoms with E-state index >= 15 is 0 Å². The van der Waals surface area contributed by atoms with Gasteiger partial charge in [0.15, 0.2) is 0 Å². The molecule has 0 saturated carbocycles. The van der Waals surface area contributed by atoms with Crippen molar-refractivity contribution in [1.29, 1.82) is 0 Å². The van der Waals surface area contributed by atoms with Crippen molar-refractivity contribution < 1.29 is 15.7 Å². The van der Waals surface area contributed by atoms with Gasteiger partial charge in [0.05, 0.1) is 0 Å². The van der Waals surface area contributed by atoms with E-state index in [1.807, 2.05) is 0 Å². The molecule has 0 aliphatic heterocycles. The number of hydrogen-bond acceptors (Lipinski definition) is 0. The number of allylic oxidation sites excluding steroid dienone is 4. The zero-order valence-corrected chi connectivity index (χ0v) is 41.5. The summed E-state index contributed by atoms with van der Waals surface area (Å²) in [7, 11) is 18.6. The number of fused-ring (bicyclic) bond motifs is 5. The fourth-order valence-electron chi connectivity index (χ4n) is 10.6. The van der Waals surface area contributed by atoms with Gasteiger partial charge < -0.3 is 0 Å². The molecule has 0 aromatic heterocycles. The standard InChI is InChI=1S/C33H33.C21H14.C5H5.2ClH.Hf/c1-32(2,3)30-20-26-24(18-28(30)22-13-9-7-10-14-22)17-25-19-29(23-15-11-8-12-16-23)31(21-27(25)26)33(4,5)6;1-3-7-20-14-16(9-11-18(20)5-1)13-17-10-12-19-6-2-4-8-21(19)15-17;1-2-4-5-3-1;;;/h7-21H,1-6H3;1-12,14-15H;1-5H;2*1H;/q;;;;;+2/p-2. The molecule has 3 heteroatoms. The molecule has 0 nitrogen and oxygen atoms in total. The SMILES string of the molecule is CC(C)(C)c1cc2c(cc1-c1ccccc1)[CH]([Hf]([Cl])([Cl])(=[C](c1ccc3ccccc3c1)c1ccc3ccccc3c1)[CH]1C=CC=C1)c1cc(-c3ccccc3)c(C(C)(C)C)cc1-2. The summed E-state index contributed by atoms with van der Waals surface area (Å²) in [5.74, 6) is 0. The number of hydrogen-bond donors (Lipinski definition) is 0. The van der Waals surface area contributed by atoms with Crippen LogP contribution in [0.25, 0.3) is 54.9 Å². The van der Waals surface area contributed by atoms with Gasteiger partial charge in [-0.1, -0.05) is 0 Å². The number of halogens is 2. The Kier molecular flexibility index (Phi) is 10.0. The van der Waals surface area contributed by atoms with Crippen molar-refractivity contribution in [3.8, 4) is 33.4 Å². The molecule has 0 unspecified atom stereocenters. The monoisotopic (exact) mass is 1010 g/mol. The van der Waals surface area contributed by atoms with Gasteiger partial charge in [-0.25, -0.2) is 0 Å². The Balaban J connectivity index is 1.43. The summed E-state index contributed by atoms with van der Waals surface area (Å²) in [6.45, 7) is 14.0. The first-order chi connectivity index (χ1) is 29.7. The fourth-order valence-corrected chi connectivity index (χ4v) is 38.2. The van der Waals surface area contributed by atoms with E-state index in [-0.39, 0.29) is 18.2 Å². The van der Waals surface area contributed by atoms with Gasteiger partial charge in [0, 0.05) is 0 Å². The summed E-state index contributed by atoms with van der Waals surface area (Å²) in [6, 6.07) is 62.8. The molecule has 0 radical (unpaired) electrons. The minimum atomic E-state index is -6.01. The Morgan fingerprint density at radius 2 is 0.806 bits per heavy atom. The molecule has 0 saturated heterocycles. The normalized spacial score (nSPS) is 14.5. The van der Waals surface area contributed by atoms with E-state index < -0.39 is 15.7 Å². The van der Waals surface area contributed by atoms with Crippen LogP contribution >= 0.6 is 17.2 Å². The van der Waals surface area contributed by atoms with E-state index in [4.69, 9.17) is 0 Å². The molecular formula is C59H52Cl2Hf. The van der Waals surface area contributed by atoms with Gasteiger partial charge in [-0.3, -0.25) is 0 Å². The van der Waals surface area contributed by atoms with Crippen LogP contribution in [-0.4, -0.2) is 3.26 Å². The van der Waals surface area contributed by atoms with Gasteiger partial charge in [0.25, 0.3) is 0 Å². The summed E-state index contributed by atoms with van der Waals surface area (Å²) >= 11 is -6.01. The van der Waals surface area contributed by atoms with Crippen molar-refractivity contribution in [2.45, 2.75) is 59.7 Å². The molecule has 0 spiro atoms. The van der Waals surface area contributed by atoms with E-state index in [0.717, 1.165) is 14.4 Å². The van der Waals surface area contributed by atoms with Crippen molar-refractivity contribution in [3.63, 3.8) is 0 Å². The average molecular weight is 1010 g/mol. The second-order valence-corrected chi connectivity index (χ2v) is 49.0. The molecule has 0 heterocycles. The Hall–Kier alpha value is -4.92.